The molecule has 0 bridgehead atoms. The summed E-state index contributed by atoms with van der Waals surface area (Å²) < 4.78 is 2.40. The van der Waals surface area contributed by atoms with Gasteiger partial charge in [0.1, 0.15) is 0 Å². The first-order valence-electron chi connectivity index (χ1n) is 3.73. The summed E-state index contributed by atoms with van der Waals surface area (Å²) in [6, 6.07) is 8.48. The molecule has 1 aliphatic rings. The van der Waals surface area contributed by atoms with Crippen LogP contribution in [0.2, 0.25) is 0 Å². The standard InChI is InChI=1S/C8H9N2.In/c1-2-4-8-7(3-1)9-5-6-10-8;/h1-4,9H,5-6H2;/q-1;+1. The number of hydrogen-bond acceptors (Lipinski definition) is 2. The Morgan fingerprint density at radius 3 is 3.00 bits per heavy atom. The van der Waals surface area contributed by atoms with Crippen molar-refractivity contribution in [2.75, 3.05) is 21.3 Å². The minimum atomic E-state index is 1.08. The van der Waals surface area contributed by atoms with Gasteiger partial charge in [-0.15, -0.1) is 0 Å². The van der Waals surface area contributed by atoms with Gasteiger partial charge in [0, 0.05) is 0 Å². The second-order valence-corrected chi connectivity index (χ2v) is 4.42. The topological polar surface area (TPSA) is 15.3 Å². The van der Waals surface area contributed by atoms with E-state index < -0.39 is 0 Å². The van der Waals surface area contributed by atoms with Gasteiger partial charge in [0.15, 0.2) is 0 Å². The quantitative estimate of drug-likeness (QED) is 0.736. The molecule has 3 heteroatoms. The Hall–Kier alpha value is -0.310. The van der Waals surface area contributed by atoms with Crippen LogP contribution in [-0.2, 0) is 0 Å². The summed E-state index contributed by atoms with van der Waals surface area (Å²) in [5.74, 6) is 0. The van der Waals surface area contributed by atoms with E-state index in [1.54, 1.807) is 0 Å². The Labute approximate surface area is 81.6 Å². The van der Waals surface area contributed by atoms with E-state index in [2.05, 4.69) is 32.5 Å². The average Bonchev–Trinajstić information content (AvgIpc) is 2.06. The Morgan fingerprint density at radius 2 is 2.18 bits per heavy atom. The zero-order valence-electron chi connectivity index (χ0n) is 6.25. The molecule has 1 N–H and O–H groups in total. The van der Waals surface area contributed by atoms with Crippen molar-refractivity contribution in [1.29, 1.82) is 0 Å². The van der Waals surface area contributed by atoms with Gasteiger partial charge in [-0.1, -0.05) is 0 Å². The number of anilines is 2. The van der Waals surface area contributed by atoms with E-state index in [1.165, 1.54) is 36.0 Å². The fourth-order valence-corrected chi connectivity index (χ4v) is 2.32. The molecule has 0 unspecified atom stereocenters. The second kappa shape index (κ2) is 2.97. The molecule has 0 aliphatic carbocycles. The van der Waals surface area contributed by atoms with Gasteiger partial charge in [0.05, 0.1) is 0 Å². The van der Waals surface area contributed by atoms with Crippen LogP contribution < -0.4 is 8.20 Å². The summed E-state index contributed by atoms with van der Waals surface area (Å²) in [5, 5.41) is 3.37. The predicted octanol–water partition coefficient (Wildman–Crippen LogP) is 1.00. The number of fused-ring (bicyclic) bond motifs is 1. The van der Waals surface area contributed by atoms with Crippen molar-refractivity contribution in [3.63, 3.8) is 0 Å². The molecule has 1 heterocycles. The molecule has 0 spiro atoms. The Morgan fingerprint density at radius 1 is 1.36 bits per heavy atom. The molecule has 2 rings (SSSR count). The third kappa shape index (κ3) is 1.34. The van der Waals surface area contributed by atoms with Gasteiger partial charge in [-0.25, -0.2) is 0 Å². The molecule has 0 fully saturated rings. The van der Waals surface area contributed by atoms with Gasteiger partial charge in [-0.05, 0) is 0 Å². The number of benzene rings is 1. The zero-order chi connectivity index (χ0) is 7.68. The monoisotopic (exact) mass is 248 g/mol. The fraction of sp³-hybridized carbons (Fsp3) is 0.250. The van der Waals surface area contributed by atoms with Crippen LogP contribution in [0.5, 0.6) is 0 Å². The maximum absolute atomic E-state index is 3.37. The van der Waals surface area contributed by atoms with E-state index in [0.29, 0.717) is 0 Å². The van der Waals surface area contributed by atoms with Crippen LogP contribution in [0.4, 0.5) is 11.4 Å². The molecule has 1 aromatic carbocycles. The van der Waals surface area contributed by atoms with Crippen LogP contribution in [0.15, 0.2) is 24.3 Å². The fourth-order valence-electron chi connectivity index (χ4n) is 1.31. The van der Waals surface area contributed by atoms with Crippen LogP contribution in [-0.4, -0.2) is 37.8 Å². The van der Waals surface area contributed by atoms with Crippen molar-refractivity contribution in [3.8, 4) is 0 Å². The first kappa shape index (κ1) is 7.35. The van der Waals surface area contributed by atoms with Crippen molar-refractivity contribution in [2.24, 2.45) is 0 Å². The number of nitrogens with one attached hydrogen (secondary N) is 1. The molecule has 2 nitrogen and oxygen atoms in total. The molecule has 54 valence electrons. The molecular weight excluding hydrogens is 239 g/mol. The van der Waals surface area contributed by atoms with Gasteiger partial charge >= 0.3 is 81.6 Å². The maximum atomic E-state index is 3.37. The van der Waals surface area contributed by atoms with Crippen LogP contribution in [0.25, 0.3) is 0 Å². The van der Waals surface area contributed by atoms with Crippen molar-refractivity contribution in [3.05, 3.63) is 24.3 Å². The second-order valence-electron chi connectivity index (χ2n) is 2.64. The van der Waals surface area contributed by atoms with Gasteiger partial charge < -0.3 is 0 Å². The van der Waals surface area contributed by atoms with E-state index in [1.807, 2.05) is 0 Å². The third-order valence-corrected chi connectivity index (χ3v) is 3.41. The first-order chi connectivity index (χ1) is 5.38. The summed E-state index contributed by atoms with van der Waals surface area (Å²) in [7, 11) is 0. The molecular formula is C8H9InN2. The molecule has 2 radical (unpaired) electrons. The SMILES string of the molecule is [In][N]1CCNc2ccccc21. The summed E-state index contributed by atoms with van der Waals surface area (Å²) in [5.41, 5.74) is 2.65. The number of rotatable bonds is 0. The Balaban J connectivity index is 2.44. The molecule has 11 heavy (non-hydrogen) atoms. The molecule has 0 aromatic heterocycles. The zero-order valence-corrected chi connectivity index (χ0v) is 9.54. The van der Waals surface area contributed by atoms with Gasteiger partial charge in [0.2, 0.25) is 0 Å². The Bertz CT molecular complexity index is 262. The van der Waals surface area contributed by atoms with E-state index >= 15 is 0 Å². The van der Waals surface area contributed by atoms with Gasteiger partial charge in [-0.2, -0.15) is 0 Å². The van der Waals surface area contributed by atoms with Crippen molar-refractivity contribution in [2.45, 2.75) is 0 Å². The molecule has 1 aliphatic heterocycles. The molecule has 0 saturated carbocycles. The van der Waals surface area contributed by atoms with Gasteiger partial charge in [0.25, 0.3) is 0 Å². The van der Waals surface area contributed by atoms with Crippen LogP contribution in [0, 0.1) is 0 Å². The third-order valence-electron chi connectivity index (χ3n) is 1.88. The van der Waals surface area contributed by atoms with Crippen LogP contribution in [0.3, 0.4) is 0 Å². The van der Waals surface area contributed by atoms with Crippen molar-refractivity contribution in [1.82, 2.24) is 0 Å². The number of para-hydroxylation sites is 2. The van der Waals surface area contributed by atoms with Gasteiger partial charge in [-0.3, -0.25) is 0 Å². The Kier molecular flexibility index (Phi) is 1.98. The summed E-state index contributed by atoms with van der Waals surface area (Å²) >= 11 is 1.18. The van der Waals surface area contributed by atoms with Crippen LogP contribution in [0.1, 0.15) is 0 Å². The normalized spacial score (nSPS) is 15.5. The van der Waals surface area contributed by atoms with E-state index in [0.717, 1.165) is 13.1 Å². The van der Waals surface area contributed by atoms with Crippen molar-refractivity contribution >= 4 is 36.0 Å². The van der Waals surface area contributed by atoms with Crippen molar-refractivity contribution < 1.29 is 0 Å². The molecule has 0 saturated heterocycles. The molecule has 0 atom stereocenters. The number of hydrogen-bond donors (Lipinski definition) is 1. The van der Waals surface area contributed by atoms with E-state index in [4.69, 9.17) is 0 Å². The molecule has 1 aromatic rings. The average molecular weight is 248 g/mol. The summed E-state index contributed by atoms with van der Waals surface area (Å²) in [6.45, 7) is 2.23. The summed E-state index contributed by atoms with van der Waals surface area (Å²) in [4.78, 5) is 0. The number of nitrogens with zero attached hydrogens (tertiary/aromatic N) is 1. The van der Waals surface area contributed by atoms with Crippen LogP contribution >= 0.6 is 0 Å². The minimum absolute atomic E-state index is 1.08. The molecule has 0 amide bonds. The predicted molar refractivity (Wildman–Crippen MR) is 48.0 cm³/mol. The summed E-state index contributed by atoms with van der Waals surface area (Å²) in [6.07, 6.45) is 0. The van der Waals surface area contributed by atoms with E-state index in [9.17, 15) is 0 Å². The van der Waals surface area contributed by atoms with E-state index in [-0.39, 0.29) is 0 Å². The first-order valence-corrected chi connectivity index (χ1v) is 5.20.